The fraction of sp³-hybridized carbons (Fsp3) is 0.538. The molecule has 1 fully saturated rings. The molecule has 2 rings (SSSR count). The fourth-order valence-electron chi connectivity index (χ4n) is 2.35. The number of nitrogens with two attached hydrogens (primary N) is 1. The van der Waals surface area contributed by atoms with Crippen molar-refractivity contribution in [3.8, 4) is 0 Å². The van der Waals surface area contributed by atoms with E-state index in [9.17, 15) is 0 Å². The minimum atomic E-state index is 0.294. The number of ether oxygens (including phenoxy) is 1. The first kappa shape index (κ1) is 13.0. The van der Waals surface area contributed by atoms with Crippen molar-refractivity contribution in [1.82, 2.24) is 4.90 Å². The summed E-state index contributed by atoms with van der Waals surface area (Å²) in [5.41, 5.74) is 7.22. The van der Waals surface area contributed by atoms with E-state index in [0.717, 1.165) is 24.2 Å². The Labute approximate surface area is 111 Å². The van der Waals surface area contributed by atoms with E-state index in [-0.39, 0.29) is 0 Å². The molecule has 17 heavy (non-hydrogen) atoms. The number of rotatable bonds is 3. The van der Waals surface area contributed by atoms with Crippen molar-refractivity contribution >= 4 is 15.9 Å². The van der Waals surface area contributed by atoms with Crippen molar-refractivity contribution in [1.29, 1.82) is 0 Å². The van der Waals surface area contributed by atoms with Crippen LogP contribution in [-0.2, 0) is 4.74 Å². The van der Waals surface area contributed by atoms with E-state index < -0.39 is 0 Å². The fourth-order valence-corrected chi connectivity index (χ4v) is 2.62. The Balaban J connectivity index is 2.17. The van der Waals surface area contributed by atoms with Gasteiger partial charge in [0.15, 0.2) is 0 Å². The largest absolute Gasteiger partial charge is 0.379 e. The predicted octanol–water partition coefficient (Wildman–Crippen LogP) is 2.17. The second-order valence-electron chi connectivity index (χ2n) is 4.46. The summed E-state index contributed by atoms with van der Waals surface area (Å²) >= 11 is 3.46. The zero-order chi connectivity index (χ0) is 12.3. The van der Waals surface area contributed by atoms with Crippen LogP contribution in [0.4, 0.5) is 0 Å². The third-order valence-corrected chi connectivity index (χ3v) is 3.83. The highest BCUT2D eigenvalue weighted by Gasteiger charge is 2.26. The summed E-state index contributed by atoms with van der Waals surface area (Å²) in [6.07, 6.45) is 0. The molecule has 0 radical (unpaired) electrons. The standard InChI is InChI=1S/C13H19BrN2O/c1-10-9-17-7-6-16(10)13(8-15)11-2-4-12(14)5-3-11/h2-5,10,13H,6-9,15H2,1H3. The van der Waals surface area contributed by atoms with E-state index in [1.807, 2.05) is 0 Å². The second kappa shape index (κ2) is 5.96. The normalized spacial score (nSPS) is 23.6. The highest BCUT2D eigenvalue weighted by molar-refractivity contribution is 9.10. The number of halogens is 1. The van der Waals surface area contributed by atoms with Crippen LogP contribution in [0, 0.1) is 0 Å². The van der Waals surface area contributed by atoms with Crippen LogP contribution in [0.2, 0.25) is 0 Å². The van der Waals surface area contributed by atoms with Crippen molar-refractivity contribution in [3.05, 3.63) is 34.3 Å². The lowest BCUT2D eigenvalue weighted by Gasteiger charge is -2.39. The van der Waals surface area contributed by atoms with Gasteiger partial charge in [-0.2, -0.15) is 0 Å². The lowest BCUT2D eigenvalue weighted by Crippen LogP contribution is -2.47. The van der Waals surface area contributed by atoms with E-state index in [4.69, 9.17) is 10.5 Å². The van der Waals surface area contributed by atoms with E-state index in [1.54, 1.807) is 0 Å². The van der Waals surface area contributed by atoms with Gasteiger partial charge in [0.25, 0.3) is 0 Å². The van der Waals surface area contributed by atoms with E-state index in [1.165, 1.54) is 5.56 Å². The number of nitrogens with zero attached hydrogens (tertiary/aromatic N) is 1. The van der Waals surface area contributed by atoms with Crippen LogP contribution >= 0.6 is 15.9 Å². The highest BCUT2D eigenvalue weighted by Crippen LogP contribution is 2.25. The average molecular weight is 299 g/mol. The van der Waals surface area contributed by atoms with Crippen LogP contribution in [0.5, 0.6) is 0 Å². The molecular weight excluding hydrogens is 280 g/mol. The summed E-state index contributed by atoms with van der Waals surface area (Å²) in [5, 5.41) is 0. The summed E-state index contributed by atoms with van der Waals surface area (Å²) < 4.78 is 6.58. The maximum Gasteiger partial charge on any atom is 0.0620 e. The lowest BCUT2D eigenvalue weighted by atomic mass is 10.0. The van der Waals surface area contributed by atoms with Gasteiger partial charge in [-0.3, -0.25) is 4.90 Å². The Morgan fingerprint density at radius 2 is 2.18 bits per heavy atom. The monoisotopic (exact) mass is 298 g/mol. The SMILES string of the molecule is CC1COCCN1C(CN)c1ccc(Br)cc1. The zero-order valence-electron chi connectivity index (χ0n) is 10.1. The molecule has 0 bridgehead atoms. The summed E-state index contributed by atoms with van der Waals surface area (Å²) in [6, 6.07) is 9.16. The Morgan fingerprint density at radius 3 is 2.76 bits per heavy atom. The lowest BCUT2D eigenvalue weighted by molar-refractivity contribution is -0.0209. The summed E-state index contributed by atoms with van der Waals surface area (Å²) in [7, 11) is 0. The Morgan fingerprint density at radius 1 is 1.47 bits per heavy atom. The van der Waals surface area contributed by atoms with Crippen molar-refractivity contribution in [3.63, 3.8) is 0 Å². The summed E-state index contributed by atoms with van der Waals surface area (Å²) in [4.78, 5) is 2.44. The van der Waals surface area contributed by atoms with Crippen LogP contribution in [0.1, 0.15) is 18.5 Å². The Bertz CT molecular complexity index is 355. The zero-order valence-corrected chi connectivity index (χ0v) is 11.7. The van der Waals surface area contributed by atoms with Gasteiger partial charge >= 0.3 is 0 Å². The topological polar surface area (TPSA) is 38.5 Å². The van der Waals surface area contributed by atoms with Crippen molar-refractivity contribution in [2.45, 2.75) is 19.0 Å². The molecule has 0 aliphatic carbocycles. The molecule has 1 aliphatic rings. The number of benzene rings is 1. The van der Waals surface area contributed by atoms with Crippen molar-refractivity contribution in [2.75, 3.05) is 26.3 Å². The van der Waals surface area contributed by atoms with Gasteiger partial charge in [0, 0.05) is 29.6 Å². The molecule has 0 amide bonds. The quantitative estimate of drug-likeness (QED) is 0.929. The number of hydrogen-bond donors (Lipinski definition) is 1. The smallest absolute Gasteiger partial charge is 0.0620 e. The van der Waals surface area contributed by atoms with Gasteiger partial charge in [-0.15, -0.1) is 0 Å². The van der Waals surface area contributed by atoms with E-state index in [2.05, 4.69) is 52.0 Å². The molecular formula is C13H19BrN2O. The first-order valence-corrected chi connectivity index (χ1v) is 6.80. The number of morpholine rings is 1. The molecule has 0 saturated carbocycles. The van der Waals surface area contributed by atoms with Crippen LogP contribution < -0.4 is 5.73 Å². The highest BCUT2D eigenvalue weighted by atomic mass is 79.9. The van der Waals surface area contributed by atoms with Gasteiger partial charge in [0.1, 0.15) is 0 Å². The molecule has 1 aliphatic heterocycles. The van der Waals surface area contributed by atoms with Crippen molar-refractivity contribution in [2.24, 2.45) is 5.73 Å². The Kier molecular flexibility index (Phi) is 4.56. The van der Waals surface area contributed by atoms with E-state index in [0.29, 0.717) is 18.6 Å². The maximum absolute atomic E-state index is 5.94. The minimum Gasteiger partial charge on any atom is -0.379 e. The molecule has 94 valence electrons. The minimum absolute atomic E-state index is 0.294. The Hall–Kier alpha value is -0.420. The molecule has 0 spiro atoms. The third-order valence-electron chi connectivity index (χ3n) is 3.30. The van der Waals surface area contributed by atoms with Gasteiger partial charge in [0.2, 0.25) is 0 Å². The summed E-state index contributed by atoms with van der Waals surface area (Å²) in [6.45, 7) is 5.40. The molecule has 3 nitrogen and oxygen atoms in total. The first-order chi connectivity index (χ1) is 8.22. The molecule has 1 heterocycles. The van der Waals surface area contributed by atoms with Crippen molar-refractivity contribution < 1.29 is 4.74 Å². The van der Waals surface area contributed by atoms with Crippen LogP contribution in [0.25, 0.3) is 0 Å². The van der Waals surface area contributed by atoms with Gasteiger partial charge in [-0.25, -0.2) is 0 Å². The van der Waals surface area contributed by atoms with Crippen LogP contribution in [0.15, 0.2) is 28.7 Å². The molecule has 1 aromatic carbocycles. The first-order valence-electron chi connectivity index (χ1n) is 6.01. The second-order valence-corrected chi connectivity index (χ2v) is 5.38. The third kappa shape index (κ3) is 3.07. The molecule has 1 aromatic rings. The molecule has 4 heteroatoms. The predicted molar refractivity (Wildman–Crippen MR) is 72.9 cm³/mol. The maximum atomic E-state index is 5.94. The molecule has 2 atom stereocenters. The molecule has 2 N–H and O–H groups in total. The van der Waals surface area contributed by atoms with Gasteiger partial charge in [-0.1, -0.05) is 28.1 Å². The molecule has 2 unspecified atom stereocenters. The van der Waals surface area contributed by atoms with Gasteiger partial charge in [-0.05, 0) is 24.6 Å². The van der Waals surface area contributed by atoms with Gasteiger partial charge in [0.05, 0.1) is 13.2 Å². The molecule has 1 saturated heterocycles. The van der Waals surface area contributed by atoms with Crippen LogP contribution in [0.3, 0.4) is 0 Å². The van der Waals surface area contributed by atoms with Gasteiger partial charge < -0.3 is 10.5 Å². The van der Waals surface area contributed by atoms with Crippen LogP contribution in [-0.4, -0.2) is 37.2 Å². The average Bonchev–Trinajstić information content (AvgIpc) is 2.35. The summed E-state index contributed by atoms with van der Waals surface area (Å²) in [5.74, 6) is 0. The molecule has 0 aromatic heterocycles. The van der Waals surface area contributed by atoms with E-state index >= 15 is 0 Å². The number of hydrogen-bond acceptors (Lipinski definition) is 3.